The molecule has 0 radical (unpaired) electrons. The van der Waals surface area contributed by atoms with E-state index >= 15 is 0 Å². The van der Waals surface area contributed by atoms with Gasteiger partial charge in [-0.15, -0.1) is 0 Å². The first kappa shape index (κ1) is 16.2. The Labute approximate surface area is 134 Å². The number of aryl methyl sites for hydroxylation is 2. The molecule has 0 spiro atoms. The van der Waals surface area contributed by atoms with Crippen molar-refractivity contribution in [3.05, 3.63) is 58.1 Å². The van der Waals surface area contributed by atoms with E-state index in [1.807, 2.05) is 32.0 Å². The van der Waals surface area contributed by atoms with Crippen molar-refractivity contribution in [2.45, 2.75) is 13.8 Å². The zero-order valence-corrected chi connectivity index (χ0v) is 13.3. The quantitative estimate of drug-likeness (QED) is 0.829. The van der Waals surface area contributed by atoms with Gasteiger partial charge in [0.25, 0.3) is 5.91 Å². The molecule has 0 bridgehead atoms. The van der Waals surface area contributed by atoms with E-state index < -0.39 is 5.91 Å². The van der Waals surface area contributed by atoms with Crippen molar-refractivity contribution in [2.24, 2.45) is 5.73 Å². The first-order chi connectivity index (χ1) is 10.5. The van der Waals surface area contributed by atoms with Crippen LogP contribution in [-0.2, 0) is 0 Å². The third-order valence-electron chi connectivity index (χ3n) is 3.15. The van der Waals surface area contributed by atoms with E-state index in [1.165, 1.54) is 6.07 Å². The second-order valence-electron chi connectivity index (χ2n) is 4.97. The number of halogens is 1. The van der Waals surface area contributed by atoms with Crippen LogP contribution in [0.5, 0.6) is 11.5 Å². The molecule has 0 atom stereocenters. The summed E-state index contributed by atoms with van der Waals surface area (Å²) in [6, 6.07) is 10.8. The van der Waals surface area contributed by atoms with Gasteiger partial charge in [0.05, 0.1) is 5.56 Å². The van der Waals surface area contributed by atoms with E-state index in [2.05, 4.69) is 0 Å². The Morgan fingerprint density at radius 3 is 2.41 bits per heavy atom. The second-order valence-corrected chi connectivity index (χ2v) is 5.41. The molecule has 2 N–H and O–H groups in total. The summed E-state index contributed by atoms with van der Waals surface area (Å²) in [5.74, 6) is 0.657. The van der Waals surface area contributed by atoms with Crippen LogP contribution in [-0.4, -0.2) is 19.1 Å². The Morgan fingerprint density at radius 1 is 1.05 bits per heavy atom. The molecular formula is C17H18ClNO3. The summed E-state index contributed by atoms with van der Waals surface area (Å²) in [6.45, 7) is 4.66. The van der Waals surface area contributed by atoms with Gasteiger partial charge in [-0.05, 0) is 49.2 Å². The highest BCUT2D eigenvalue weighted by molar-refractivity contribution is 6.31. The summed E-state index contributed by atoms with van der Waals surface area (Å²) >= 11 is 5.85. The van der Waals surface area contributed by atoms with Gasteiger partial charge in [-0.3, -0.25) is 4.79 Å². The largest absolute Gasteiger partial charge is 0.490 e. The van der Waals surface area contributed by atoms with Gasteiger partial charge >= 0.3 is 0 Å². The number of hydrogen-bond donors (Lipinski definition) is 1. The maximum atomic E-state index is 11.4. The Balaban J connectivity index is 1.94. The fraction of sp³-hybridized carbons (Fsp3) is 0.235. The van der Waals surface area contributed by atoms with Gasteiger partial charge in [-0.1, -0.05) is 23.7 Å². The molecule has 2 rings (SSSR count). The van der Waals surface area contributed by atoms with Crippen molar-refractivity contribution >= 4 is 17.5 Å². The highest BCUT2D eigenvalue weighted by Crippen LogP contribution is 2.23. The van der Waals surface area contributed by atoms with Crippen LogP contribution in [0.1, 0.15) is 21.5 Å². The van der Waals surface area contributed by atoms with Crippen LogP contribution < -0.4 is 15.2 Å². The average molecular weight is 320 g/mol. The Kier molecular flexibility index (Phi) is 5.28. The number of benzene rings is 2. The van der Waals surface area contributed by atoms with Crippen LogP contribution in [0, 0.1) is 13.8 Å². The number of amides is 1. The topological polar surface area (TPSA) is 61.6 Å². The standard InChI is InChI=1S/C17H18ClNO3/c1-11-3-4-12(2)16(9-11)22-8-7-21-15-6-5-13(18)10-14(15)17(19)20/h3-6,9-10H,7-8H2,1-2H3,(H2,19,20). The van der Waals surface area contributed by atoms with Crippen molar-refractivity contribution in [3.8, 4) is 11.5 Å². The fourth-order valence-electron chi connectivity index (χ4n) is 1.99. The van der Waals surface area contributed by atoms with E-state index in [9.17, 15) is 4.79 Å². The van der Waals surface area contributed by atoms with Crippen molar-refractivity contribution in [3.63, 3.8) is 0 Å². The molecule has 2 aromatic rings. The summed E-state index contributed by atoms with van der Waals surface area (Å²) in [4.78, 5) is 11.4. The molecule has 0 aliphatic rings. The predicted octanol–water partition coefficient (Wildman–Crippen LogP) is 3.51. The van der Waals surface area contributed by atoms with E-state index in [0.29, 0.717) is 24.0 Å². The highest BCUT2D eigenvalue weighted by Gasteiger charge is 2.10. The summed E-state index contributed by atoms with van der Waals surface area (Å²) in [5, 5.41) is 0.438. The maximum absolute atomic E-state index is 11.4. The Morgan fingerprint density at radius 2 is 1.73 bits per heavy atom. The molecule has 0 aliphatic carbocycles. The number of rotatable bonds is 6. The molecule has 22 heavy (non-hydrogen) atoms. The molecule has 2 aromatic carbocycles. The van der Waals surface area contributed by atoms with E-state index in [1.54, 1.807) is 12.1 Å². The molecular weight excluding hydrogens is 302 g/mol. The first-order valence-corrected chi connectivity index (χ1v) is 7.27. The number of ether oxygens (including phenoxy) is 2. The fourth-order valence-corrected chi connectivity index (χ4v) is 2.16. The van der Waals surface area contributed by atoms with Crippen LogP contribution in [0.3, 0.4) is 0 Å². The van der Waals surface area contributed by atoms with Gasteiger partial charge in [0, 0.05) is 5.02 Å². The molecule has 116 valence electrons. The lowest BCUT2D eigenvalue weighted by Crippen LogP contribution is -2.15. The second kappa shape index (κ2) is 7.18. The van der Waals surface area contributed by atoms with Crippen LogP contribution in [0.25, 0.3) is 0 Å². The van der Waals surface area contributed by atoms with Crippen LogP contribution in [0.15, 0.2) is 36.4 Å². The third kappa shape index (κ3) is 4.15. The number of primary amides is 1. The van der Waals surface area contributed by atoms with Crippen molar-refractivity contribution in [1.29, 1.82) is 0 Å². The van der Waals surface area contributed by atoms with Gasteiger partial charge < -0.3 is 15.2 Å². The predicted molar refractivity (Wildman–Crippen MR) is 86.9 cm³/mol. The molecule has 1 amide bonds. The molecule has 0 aliphatic heterocycles. The highest BCUT2D eigenvalue weighted by atomic mass is 35.5. The number of nitrogens with two attached hydrogens (primary N) is 1. The average Bonchev–Trinajstić information content (AvgIpc) is 2.48. The minimum Gasteiger partial charge on any atom is -0.490 e. The lowest BCUT2D eigenvalue weighted by molar-refractivity contribution is 0.0995. The first-order valence-electron chi connectivity index (χ1n) is 6.89. The molecule has 0 unspecified atom stereocenters. The lowest BCUT2D eigenvalue weighted by Gasteiger charge is -2.12. The van der Waals surface area contributed by atoms with Gasteiger partial charge in [0.15, 0.2) is 0 Å². The zero-order valence-electron chi connectivity index (χ0n) is 12.6. The molecule has 4 nitrogen and oxygen atoms in total. The summed E-state index contributed by atoms with van der Waals surface area (Å²) in [5.41, 5.74) is 7.77. The zero-order chi connectivity index (χ0) is 16.1. The number of hydrogen-bond acceptors (Lipinski definition) is 3. The molecule has 0 saturated heterocycles. The van der Waals surface area contributed by atoms with Gasteiger partial charge in [0.1, 0.15) is 24.7 Å². The monoisotopic (exact) mass is 319 g/mol. The van der Waals surface area contributed by atoms with Gasteiger partial charge in [0.2, 0.25) is 0 Å². The van der Waals surface area contributed by atoms with E-state index in [0.717, 1.165) is 16.9 Å². The van der Waals surface area contributed by atoms with Crippen molar-refractivity contribution in [2.75, 3.05) is 13.2 Å². The number of carbonyl (C=O) groups is 1. The Hall–Kier alpha value is -2.20. The summed E-state index contributed by atoms with van der Waals surface area (Å²) in [7, 11) is 0. The summed E-state index contributed by atoms with van der Waals surface area (Å²) < 4.78 is 11.3. The molecule has 0 aromatic heterocycles. The van der Waals surface area contributed by atoms with Crippen molar-refractivity contribution < 1.29 is 14.3 Å². The lowest BCUT2D eigenvalue weighted by atomic mass is 10.1. The van der Waals surface area contributed by atoms with Gasteiger partial charge in [-0.2, -0.15) is 0 Å². The Bertz CT molecular complexity index is 686. The van der Waals surface area contributed by atoms with Gasteiger partial charge in [-0.25, -0.2) is 0 Å². The number of carbonyl (C=O) groups excluding carboxylic acids is 1. The normalized spacial score (nSPS) is 10.3. The van der Waals surface area contributed by atoms with E-state index in [4.69, 9.17) is 26.8 Å². The molecule has 0 fully saturated rings. The van der Waals surface area contributed by atoms with Crippen molar-refractivity contribution in [1.82, 2.24) is 0 Å². The smallest absolute Gasteiger partial charge is 0.252 e. The third-order valence-corrected chi connectivity index (χ3v) is 3.38. The van der Waals surface area contributed by atoms with E-state index in [-0.39, 0.29) is 5.56 Å². The minimum atomic E-state index is -0.576. The molecule has 5 heteroatoms. The van der Waals surface area contributed by atoms with Crippen LogP contribution >= 0.6 is 11.6 Å². The maximum Gasteiger partial charge on any atom is 0.252 e. The van der Waals surface area contributed by atoms with Crippen LogP contribution in [0.4, 0.5) is 0 Å². The summed E-state index contributed by atoms with van der Waals surface area (Å²) in [6.07, 6.45) is 0. The van der Waals surface area contributed by atoms with Crippen LogP contribution in [0.2, 0.25) is 5.02 Å². The minimum absolute atomic E-state index is 0.263. The SMILES string of the molecule is Cc1ccc(C)c(OCCOc2ccc(Cl)cc2C(N)=O)c1. The molecule has 0 saturated carbocycles. The molecule has 0 heterocycles.